The zero-order valence-electron chi connectivity index (χ0n) is 14.4. The van der Waals surface area contributed by atoms with E-state index in [1.807, 2.05) is 31.2 Å². The maximum absolute atomic E-state index is 11.9. The zero-order chi connectivity index (χ0) is 19.1. The molecule has 3 aromatic rings. The quantitative estimate of drug-likeness (QED) is 0.371. The number of esters is 1. The SMILES string of the molecule is Cc1ccccc1-n1nnnc1SCC#CCOC(=O)c1ccccc1Cl. The van der Waals surface area contributed by atoms with Crippen molar-refractivity contribution in [2.75, 3.05) is 12.4 Å². The third-order valence-corrected chi connectivity index (χ3v) is 4.68. The van der Waals surface area contributed by atoms with Gasteiger partial charge in [0.05, 0.1) is 22.0 Å². The number of hydrogen-bond donors (Lipinski definition) is 0. The highest BCUT2D eigenvalue weighted by atomic mass is 35.5. The van der Waals surface area contributed by atoms with Gasteiger partial charge in [-0.3, -0.25) is 0 Å². The number of benzene rings is 2. The molecule has 3 rings (SSSR count). The first-order chi connectivity index (χ1) is 13.2. The first kappa shape index (κ1) is 19.0. The Hall–Kier alpha value is -2.82. The summed E-state index contributed by atoms with van der Waals surface area (Å²) < 4.78 is 6.78. The summed E-state index contributed by atoms with van der Waals surface area (Å²) in [7, 11) is 0. The molecule has 0 atom stereocenters. The normalized spacial score (nSPS) is 10.1. The number of tetrazole rings is 1. The third-order valence-electron chi connectivity index (χ3n) is 3.55. The van der Waals surface area contributed by atoms with Gasteiger partial charge in [0.2, 0.25) is 5.16 Å². The number of carbonyl (C=O) groups excluding carboxylic acids is 1. The second kappa shape index (κ2) is 9.21. The molecule has 0 N–H and O–H groups in total. The molecule has 1 aromatic heterocycles. The second-order valence-corrected chi connectivity index (χ2v) is 6.71. The van der Waals surface area contributed by atoms with Crippen LogP contribution >= 0.6 is 23.4 Å². The molecular formula is C19H15ClN4O2S. The van der Waals surface area contributed by atoms with Crippen molar-refractivity contribution in [1.29, 1.82) is 0 Å². The minimum atomic E-state index is -0.494. The highest BCUT2D eigenvalue weighted by Gasteiger charge is 2.11. The summed E-state index contributed by atoms with van der Waals surface area (Å²) in [4.78, 5) is 11.9. The minimum absolute atomic E-state index is 0.00660. The van der Waals surface area contributed by atoms with E-state index in [4.69, 9.17) is 16.3 Å². The molecular weight excluding hydrogens is 384 g/mol. The van der Waals surface area contributed by atoms with E-state index in [1.165, 1.54) is 11.8 Å². The number of rotatable bonds is 5. The predicted octanol–water partition coefficient (Wildman–Crippen LogP) is 3.58. The zero-order valence-corrected chi connectivity index (χ0v) is 16.0. The molecule has 0 aliphatic rings. The van der Waals surface area contributed by atoms with Gasteiger partial charge in [0.15, 0.2) is 6.61 Å². The van der Waals surface area contributed by atoms with E-state index in [0.29, 0.717) is 21.5 Å². The van der Waals surface area contributed by atoms with Crippen LogP contribution in [0.2, 0.25) is 5.02 Å². The summed E-state index contributed by atoms with van der Waals surface area (Å²) in [6, 6.07) is 14.6. The number of thioether (sulfide) groups is 1. The largest absolute Gasteiger partial charge is 0.449 e. The van der Waals surface area contributed by atoms with Gasteiger partial charge in [0, 0.05) is 0 Å². The van der Waals surface area contributed by atoms with Crippen LogP contribution in [-0.2, 0) is 4.74 Å². The lowest BCUT2D eigenvalue weighted by molar-refractivity contribution is 0.0557. The van der Waals surface area contributed by atoms with E-state index in [-0.39, 0.29) is 6.61 Å². The van der Waals surface area contributed by atoms with Crippen molar-refractivity contribution in [3.63, 3.8) is 0 Å². The fourth-order valence-electron chi connectivity index (χ4n) is 2.23. The Labute approximate surface area is 165 Å². The van der Waals surface area contributed by atoms with E-state index < -0.39 is 5.97 Å². The number of aryl methyl sites for hydroxylation is 1. The Morgan fingerprint density at radius 3 is 2.78 bits per heavy atom. The van der Waals surface area contributed by atoms with Crippen molar-refractivity contribution in [2.45, 2.75) is 12.1 Å². The average molecular weight is 399 g/mol. The van der Waals surface area contributed by atoms with Crippen LogP contribution in [-0.4, -0.2) is 38.5 Å². The number of nitrogens with zero attached hydrogens (tertiary/aromatic N) is 4. The molecule has 0 radical (unpaired) electrons. The van der Waals surface area contributed by atoms with Gasteiger partial charge in [-0.1, -0.05) is 65.5 Å². The van der Waals surface area contributed by atoms with Gasteiger partial charge in [0.25, 0.3) is 0 Å². The van der Waals surface area contributed by atoms with Crippen LogP contribution in [0.3, 0.4) is 0 Å². The van der Waals surface area contributed by atoms with Crippen molar-refractivity contribution in [3.8, 4) is 17.5 Å². The molecule has 136 valence electrons. The van der Waals surface area contributed by atoms with Crippen LogP contribution in [0, 0.1) is 18.8 Å². The number of para-hydroxylation sites is 1. The van der Waals surface area contributed by atoms with Gasteiger partial charge in [-0.25, -0.2) is 4.79 Å². The van der Waals surface area contributed by atoms with Gasteiger partial charge in [-0.2, -0.15) is 4.68 Å². The first-order valence-corrected chi connectivity index (χ1v) is 9.37. The molecule has 0 aliphatic heterocycles. The van der Waals surface area contributed by atoms with Crippen LogP contribution in [0.25, 0.3) is 5.69 Å². The number of hydrogen-bond acceptors (Lipinski definition) is 6. The highest BCUT2D eigenvalue weighted by Crippen LogP contribution is 2.20. The summed E-state index contributed by atoms with van der Waals surface area (Å²) in [5, 5.41) is 12.8. The Kier molecular flexibility index (Phi) is 6.47. The van der Waals surface area contributed by atoms with Crippen molar-refractivity contribution in [3.05, 3.63) is 64.7 Å². The molecule has 0 unspecified atom stereocenters. The van der Waals surface area contributed by atoms with E-state index >= 15 is 0 Å². The third kappa shape index (κ3) is 4.88. The van der Waals surface area contributed by atoms with Crippen LogP contribution < -0.4 is 0 Å². The lowest BCUT2D eigenvalue weighted by atomic mass is 10.2. The minimum Gasteiger partial charge on any atom is -0.449 e. The Balaban J connectivity index is 1.52. The molecule has 0 fully saturated rings. The standard InChI is InChI=1S/C19H15ClN4O2S/c1-14-8-2-5-11-17(14)24-19(21-22-23-24)27-13-7-6-12-26-18(25)15-9-3-4-10-16(15)20/h2-5,8-11H,12-13H2,1H3. The fourth-order valence-corrected chi connectivity index (χ4v) is 3.10. The lowest BCUT2D eigenvalue weighted by Crippen LogP contribution is -2.05. The molecule has 0 saturated heterocycles. The summed E-state index contributed by atoms with van der Waals surface area (Å²) in [6.45, 7) is 1.99. The lowest BCUT2D eigenvalue weighted by Gasteiger charge is -2.05. The Bertz CT molecular complexity index is 1010. The van der Waals surface area contributed by atoms with E-state index in [9.17, 15) is 4.79 Å². The number of aromatic nitrogens is 4. The molecule has 0 spiro atoms. The molecule has 1 heterocycles. The maximum atomic E-state index is 11.9. The molecule has 2 aromatic carbocycles. The number of ether oxygens (including phenoxy) is 1. The van der Waals surface area contributed by atoms with Gasteiger partial charge in [-0.05, 0) is 41.1 Å². The number of carbonyl (C=O) groups is 1. The summed E-state index contributed by atoms with van der Waals surface area (Å²) in [5.41, 5.74) is 2.32. The molecule has 8 heteroatoms. The van der Waals surface area contributed by atoms with Crippen molar-refractivity contribution in [2.24, 2.45) is 0 Å². The molecule has 27 heavy (non-hydrogen) atoms. The highest BCUT2D eigenvalue weighted by molar-refractivity contribution is 7.99. The number of halogens is 1. The first-order valence-electron chi connectivity index (χ1n) is 8.01. The van der Waals surface area contributed by atoms with Gasteiger partial charge in [0.1, 0.15) is 0 Å². The molecule has 0 bridgehead atoms. The van der Waals surface area contributed by atoms with Crippen molar-refractivity contribution < 1.29 is 9.53 Å². The second-order valence-electron chi connectivity index (χ2n) is 5.36. The predicted molar refractivity (Wildman–Crippen MR) is 104 cm³/mol. The van der Waals surface area contributed by atoms with Gasteiger partial charge in [-0.15, -0.1) is 5.10 Å². The van der Waals surface area contributed by atoms with Gasteiger partial charge < -0.3 is 4.74 Å². The van der Waals surface area contributed by atoms with Crippen LogP contribution in [0.5, 0.6) is 0 Å². The summed E-state index contributed by atoms with van der Waals surface area (Å²) >= 11 is 7.36. The van der Waals surface area contributed by atoms with Crippen LogP contribution in [0.4, 0.5) is 0 Å². The van der Waals surface area contributed by atoms with Crippen LogP contribution in [0.1, 0.15) is 15.9 Å². The molecule has 0 amide bonds. The van der Waals surface area contributed by atoms with Crippen LogP contribution in [0.15, 0.2) is 53.7 Å². The van der Waals surface area contributed by atoms with Crippen molar-refractivity contribution >= 4 is 29.3 Å². The maximum Gasteiger partial charge on any atom is 0.340 e. The molecule has 0 aliphatic carbocycles. The van der Waals surface area contributed by atoms with E-state index in [1.54, 1.807) is 28.9 Å². The summed E-state index contributed by atoms with van der Waals surface area (Å²) in [5.74, 6) is 5.71. The van der Waals surface area contributed by atoms with Crippen molar-refractivity contribution in [1.82, 2.24) is 20.2 Å². The Morgan fingerprint density at radius 1 is 1.19 bits per heavy atom. The topological polar surface area (TPSA) is 69.9 Å². The smallest absolute Gasteiger partial charge is 0.340 e. The van der Waals surface area contributed by atoms with E-state index in [2.05, 4.69) is 27.4 Å². The molecule has 0 saturated carbocycles. The average Bonchev–Trinajstić information content (AvgIpc) is 3.13. The molecule has 6 nitrogen and oxygen atoms in total. The van der Waals surface area contributed by atoms with Gasteiger partial charge >= 0.3 is 5.97 Å². The fraction of sp³-hybridized carbons (Fsp3) is 0.158. The van der Waals surface area contributed by atoms with E-state index in [0.717, 1.165) is 11.3 Å². The Morgan fingerprint density at radius 2 is 1.96 bits per heavy atom. The monoisotopic (exact) mass is 398 g/mol. The summed E-state index contributed by atoms with van der Waals surface area (Å²) in [6.07, 6.45) is 0.